The molecule has 0 amide bonds. The molecule has 21 heavy (non-hydrogen) atoms. The van der Waals surface area contributed by atoms with E-state index < -0.39 is 10.0 Å². The molecular formula is C14H11ClN2O3S. The molecule has 0 heterocycles. The molecule has 0 saturated carbocycles. The lowest BCUT2D eigenvalue weighted by molar-refractivity contribution is 0.414. The van der Waals surface area contributed by atoms with Crippen molar-refractivity contribution in [2.45, 2.75) is 4.90 Å². The normalized spacial score (nSPS) is 10.7. The van der Waals surface area contributed by atoms with Crippen LogP contribution in [0, 0.1) is 11.3 Å². The van der Waals surface area contributed by atoms with Crippen molar-refractivity contribution in [2.24, 2.45) is 0 Å². The number of anilines is 1. The van der Waals surface area contributed by atoms with Crippen molar-refractivity contribution >= 4 is 27.3 Å². The standard InChI is InChI=1S/C14H11ClN2O3S/c1-20-12-3-5-13(6-4-12)21(18,19)17-11-2-7-14(15)10(8-11)9-16/h2-8,17H,1H3. The lowest BCUT2D eigenvalue weighted by Gasteiger charge is -2.09. The Kier molecular flexibility index (Phi) is 4.36. The number of benzene rings is 2. The first-order valence-corrected chi connectivity index (χ1v) is 7.69. The van der Waals surface area contributed by atoms with E-state index >= 15 is 0 Å². The summed E-state index contributed by atoms with van der Waals surface area (Å²) < 4.78 is 31.8. The van der Waals surface area contributed by atoms with E-state index in [0.717, 1.165) is 0 Å². The molecule has 0 aliphatic heterocycles. The third-order valence-electron chi connectivity index (χ3n) is 2.71. The Bertz CT molecular complexity index is 796. The van der Waals surface area contributed by atoms with Crippen LogP contribution in [-0.2, 0) is 10.0 Å². The second-order valence-electron chi connectivity index (χ2n) is 4.09. The minimum absolute atomic E-state index is 0.0942. The number of nitriles is 1. The predicted octanol–water partition coefficient (Wildman–Crippen LogP) is 3.02. The van der Waals surface area contributed by atoms with Gasteiger partial charge in [-0.2, -0.15) is 5.26 Å². The van der Waals surface area contributed by atoms with Crippen LogP contribution in [0.4, 0.5) is 5.69 Å². The van der Waals surface area contributed by atoms with E-state index in [9.17, 15) is 8.42 Å². The smallest absolute Gasteiger partial charge is 0.261 e. The zero-order valence-electron chi connectivity index (χ0n) is 11.0. The number of nitrogens with zero attached hydrogens (tertiary/aromatic N) is 1. The fourth-order valence-corrected chi connectivity index (χ4v) is 2.85. The van der Waals surface area contributed by atoms with Crippen molar-refractivity contribution in [1.29, 1.82) is 5.26 Å². The van der Waals surface area contributed by atoms with Gasteiger partial charge in [-0.15, -0.1) is 0 Å². The number of sulfonamides is 1. The summed E-state index contributed by atoms with van der Waals surface area (Å²) in [6, 6.07) is 12.2. The number of halogens is 1. The molecule has 0 aromatic heterocycles. The van der Waals surface area contributed by atoms with Gasteiger partial charge in [0.2, 0.25) is 0 Å². The number of hydrogen-bond acceptors (Lipinski definition) is 4. The lowest BCUT2D eigenvalue weighted by Crippen LogP contribution is -2.12. The molecule has 7 heteroatoms. The first-order valence-electron chi connectivity index (χ1n) is 5.83. The van der Waals surface area contributed by atoms with Crippen molar-refractivity contribution in [2.75, 3.05) is 11.8 Å². The maximum absolute atomic E-state index is 12.2. The average molecular weight is 323 g/mol. The van der Waals surface area contributed by atoms with E-state index in [2.05, 4.69) is 4.72 Å². The Labute approximate surface area is 127 Å². The van der Waals surface area contributed by atoms with Gasteiger partial charge in [0.15, 0.2) is 0 Å². The molecule has 0 spiro atoms. The van der Waals surface area contributed by atoms with Gasteiger partial charge in [0.05, 0.1) is 28.3 Å². The summed E-state index contributed by atoms with van der Waals surface area (Å²) in [5, 5.41) is 9.16. The van der Waals surface area contributed by atoms with Gasteiger partial charge in [-0.3, -0.25) is 4.72 Å². The van der Waals surface area contributed by atoms with E-state index in [4.69, 9.17) is 21.6 Å². The van der Waals surface area contributed by atoms with E-state index in [0.29, 0.717) is 5.75 Å². The van der Waals surface area contributed by atoms with Crippen LogP contribution in [0.3, 0.4) is 0 Å². The van der Waals surface area contributed by atoms with E-state index in [1.165, 1.54) is 37.4 Å². The number of methoxy groups -OCH3 is 1. The van der Waals surface area contributed by atoms with Gasteiger partial charge in [-0.05, 0) is 42.5 Å². The fraction of sp³-hybridized carbons (Fsp3) is 0.0714. The third kappa shape index (κ3) is 3.45. The van der Waals surface area contributed by atoms with Gasteiger partial charge in [0, 0.05) is 0 Å². The highest BCUT2D eigenvalue weighted by Gasteiger charge is 2.15. The van der Waals surface area contributed by atoms with Crippen molar-refractivity contribution in [3.8, 4) is 11.8 Å². The van der Waals surface area contributed by atoms with Gasteiger partial charge >= 0.3 is 0 Å². The molecule has 0 aliphatic carbocycles. The number of hydrogen-bond donors (Lipinski definition) is 1. The maximum Gasteiger partial charge on any atom is 0.261 e. The lowest BCUT2D eigenvalue weighted by atomic mass is 10.2. The summed E-state index contributed by atoms with van der Waals surface area (Å²) in [6.07, 6.45) is 0. The highest BCUT2D eigenvalue weighted by atomic mass is 35.5. The van der Waals surface area contributed by atoms with Crippen LogP contribution >= 0.6 is 11.6 Å². The molecule has 0 atom stereocenters. The van der Waals surface area contributed by atoms with Crippen LogP contribution < -0.4 is 9.46 Å². The topological polar surface area (TPSA) is 79.2 Å². The SMILES string of the molecule is COc1ccc(S(=O)(=O)Nc2ccc(Cl)c(C#N)c2)cc1. The molecule has 5 nitrogen and oxygen atoms in total. The quantitative estimate of drug-likeness (QED) is 0.938. The minimum Gasteiger partial charge on any atom is -0.497 e. The van der Waals surface area contributed by atoms with Crippen molar-refractivity contribution in [1.82, 2.24) is 0 Å². The monoisotopic (exact) mass is 322 g/mol. The summed E-state index contributed by atoms with van der Waals surface area (Å²) in [7, 11) is -2.24. The van der Waals surface area contributed by atoms with Gasteiger partial charge in [0.1, 0.15) is 11.8 Å². The highest BCUT2D eigenvalue weighted by molar-refractivity contribution is 7.92. The van der Waals surface area contributed by atoms with Crippen LogP contribution in [0.2, 0.25) is 5.02 Å². The summed E-state index contributed by atoms with van der Waals surface area (Å²) in [5.74, 6) is 0.562. The third-order valence-corrected chi connectivity index (χ3v) is 4.44. The van der Waals surface area contributed by atoms with Crippen molar-refractivity contribution < 1.29 is 13.2 Å². The van der Waals surface area contributed by atoms with Crippen molar-refractivity contribution in [3.63, 3.8) is 0 Å². The van der Waals surface area contributed by atoms with Gasteiger partial charge in [-0.1, -0.05) is 11.6 Å². The molecule has 0 saturated heterocycles. The summed E-state index contributed by atoms with van der Waals surface area (Å²) in [5.41, 5.74) is 0.471. The van der Waals surface area contributed by atoms with E-state index in [-0.39, 0.29) is 21.2 Å². The maximum atomic E-state index is 12.2. The van der Waals surface area contributed by atoms with Crippen LogP contribution in [0.5, 0.6) is 5.75 Å². The molecule has 1 N–H and O–H groups in total. The van der Waals surface area contributed by atoms with Crippen molar-refractivity contribution in [3.05, 3.63) is 53.1 Å². The molecule has 0 unspecified atom stereocenters. The fourth-order valence-electron chi connectivity index (χ4n) is 1.64. The molecular weight excluding hydrogens is 312 g/mol. The molecule has 0 aliphatic rings. The molecule has 2 aromatic rings. The highest BCUT2D eigenvalue weighted by Crippen LogP contribution is 2.23. The Hall–Kier alpha value is -2.23. The first-order chi connectivity index (χ1) is 9.96. The second kappa shape index (κ2) is 6.04. The molecule has 0 bridgehead atoms. The van der Waals surface area contributed by atoms with Gasteiger partial charge in [-0.25, -0.2) is 8.42 Å². The zero-order chi connectivity index (χ0) is 15.5. The Morgan fingerprint density at radius 2 is 1.86 bits per heavy atom. The average Bonchev–Trinajstić information content (AvgIpc) is 2.49. The molecule has 0 fully saturated rings. The van der Waals surface area contributed by atoms with Gasteiger partial charge < -0.3 is 4.74 Å². The molecule has 2 aromatic carbocycles. The van der Waals surface area contributed by atoms with Crippen LogP contribution in [0.1, 0.15) is 5.56 Å². The van der Waals surface area contributed by atoms with E-state index in [1.54, 1.807) is 12.1 Å². The molecule has 108 valence electrons. The Morgan fingerprint density at radius 1 is 1.19 bits per heavy atom. The van der Waals surface area contributed by atoms with Crippen LogP contribution in [0.25, 0.3) is 0 Å². The summed E-state index contributed by atoms with van der Waals surface area (Å²) in [4.78, 5) is 0.0942. The van der Waals surface area contributed by atoms with Gasteiger partial charge in [0.25, 0.3) is 10.0 Å². The summed E-state index contributed by atoms with van der Waals surface area (Å²) in [6.45, 7) is 0. The number of nitrogens with one attached hydrogen (secondary N) is 1. The number of rotatable bonds is 4. The molecule has 2 rings (SSSR count). The Morgan fingerprint density at radius 3 is 2.43 bits per heavy atom. The van der Waals surface area contributed by atoms with Crippen LogP contribution in [-0.4, -0.2) is 15.5 Å². The number of ether oxygens (including phenoxy) is 1. The summed E-state index contributed by atoms with van der Waals surface area (Å²) >= 11 is 5.80. The zero-order valence-corrected chi connectivity index (χ0v) is 12.6. The first kappa shape index (κ1) is 15.2. The van der Waals surface area contributed by atoms with E-state index in [1.807, 2.05) is 6.07 Å². The van der Waals surface area contributed by atoms with Crippen LogP contribution in [0.15, 0.2) is 47.4 Å². The largest absolute Gasteiger partial charge is 0.497 e. The Balaban J connectivity index is 2.30. The predicted molar refractivity (Wildman–Crippen MR) is 80.0 cm³/mol. The second-order valence-corrected chi connectivity index (χ2v) is 6.18. The molecule has 0 radical (unpaired) electrons. The minimum atomic E-state index is -3.73.